The number of carboxylic acids is 1. The van der Waals surface area contributed by atoms with E-state index in [4.69, 9.17) is 11.6 Å². The summed E-state index contributed by atoms with van der Waals surface area (Å²) in [6, 6.07) is 4.87. The lowest BCUT2D eigenvalue weighted by molar-refractivity contribution is 0.0697. The highest BCUT2D eigenvalue weighted by molar-refractivity contribution is 6.31. The molecule has 1 aromatic carbocycles. The van der Waals surface area contributed by atoms with Crippen LogP contribution in [-0.4, -0.2) is 35.4 Å². The summed E-state index contributed by atoms with van der Waals surface area (Å²) in [5.41, 5.74) is 0.841. The second-order valence-electron chi connectivity index (χ2n) is 4.49. The first-order chi connectivity index (χ1) is 8.63. The van der Waals surface area contributed by atoms with Gasteiger partial charge in [0, 0.05) is 11.6 Å². The lowest BCUT2D eigenvalue weighted by atomic mass is 10.0. The summed E-state index contributed by atoms with van der Waals surface area (Å²) in [7, 11) is 0. The molecule has 0 aromatic heterocycles. The molecule has 4 nitrogen and oxygen atoms in total. The van der Waals surface area contributed by atoms with Gasteiger partial charge in [0.15, 0.2) is 0 Å². The summed E-state index contributed by atoms with van der Waals surface area (Å²) in [5, 5.41) is 19.0. The lowest BCUT2D eigenvalue weighted by Gasteiger charge is -2.37. The molecule has 98 valence electrons. The van der Waals surface area contributed by atoms with Gasteiger partial charge in [-0.3, -0.25) is 0 Å². The van der Waals surface area contributed by atoms with Gasteiger partial charge >= 0.3 is 5.97 Å². The minimum atomic E-state index is -0.991. The number of nitrogens with zero attached hydrogens (tertiary/aromatic N) is 1. The minimum absolute atomic E-state index is 0.00183. The van der Waals surface area contributed by atoms with Gasteiger partial charge in [0.05, 0.1) is 23.9 Å². The van der Waals surface area contributed by atoms with Crippen LogP contribution in [0.25, 0.3) is 0 Å². The van der Waals surface area contributed by atoms with E-state index in [0.717, 1.165) is 25.8 Å². The molecule has 1 saturated heterocycles. The Hall–Kier alpha value is -1.26. The van der Waals surface area contributed by atoms with Crippen LogP contribution in [0, 0.1) is 0 Å². The molecule has 0 saturated carbocycles. The normalized spacial score (nSPS) is 19.9. The van der Waals surface area contributed by atoms with Crippen LogP contribution in [0.1, 0.15) is 29.6 Å². The number of aliphatic hydroxyl groups is 1. The zero-order chi connectivity index (χ0) is 13.1. The topological polar surface area (TPSA) is 60.8 Å². The van der Waals surface area contributed by atoms with Crippen LogP contribution in [-0.2, 0) is 0 Å². The Bertz CT molecular complexity index is 450. The molecule has 0 amide bonds. The van der Waals surface area contributed by atoms with Gasteiger partial charge in [-0.2, -0.15) is 0 Å². The van der Waals surface area contributed by atoms with Crippen molar-refractivity contribution in [3.8, 4) is 0 Å². The number of halogens is 1. The SMILES string of the molecule is O=C(O)c1cc(Cl)ccc1N1CCCCC1CO. The highest BCUT2D eigenvalue weighted by Gasteiger charge is 2.25. The van der Waals surface area contributed by atoms with Gasteiger partial charge in [0.1, 0.15) is 0 Å². The highest BCUT2D eigenvalue weighted by atomic mass is 35.5. The van der Waals surface area contributed by atoms with Crippen molar-refractivity contribution in [2.75, 3.05) is 18.1 Å². The molecule has 1 aliphatic rings. The molecule has 1 aliphatic heterocycles. The molecule has 1 unspecified atom stereocenters. The molecule has 1 heterocycles. The van der Waals surface area contributed by atoms with Crippen molar-refractivity contribution >= 4 is 23.3 Å². The summed E-state index contributed by atoms with van der Waals surface area (Å²) in [5.74, 6) is -0.991. The number of aliphatic hydroxyl groups excluding tert-OH is 1. The maximum Gasteiger partial charge on any atom is 0.337 e. The van der Waals surface area contributed by atoms with E-state index in [1.807, 2.05) is 4.90 Å². The number of rotatable bonds is 3. The first-order valence-corrected chi connectivity index (χ1v) is 6.41. The summed E-state index contributed by atoms with van der Waals surface area (Å²) in [6.45, 7) is 0.814. The number of aromatic carboxylic acids is 1. The van der Waals surface area contributed by atoms with Crippen LogP contribution in [0.15, 0.2) is 18.2 Å². The molecular formula is C13H16ClNO3. The third-order valence-corrected chi connectivity index (χ3v) is 3.57. The monoisotopic (exact) mass is 269 g/mol. The van der Waals surface area contributed by atoms with Crippen molar-refractivity contribution in [1.29, 1.82) is 0 Å². The zero-order valence-corrected chi connectivity index (χ0v) is 10.7. The Morgan fingerprint density at radius 1 is 1.44 bits per heavy atom. The van der Waals surface area contributed by atoms with Gasteiger partial charge in [0.2, 0.25) is 0 Å². The number of hydrogen-bond donors (Lipinski definition) is 2. The Labute approximate surface area is 111 Å². The maximum absolute atomic E-state index is 11.3. The fourth-order valence-electron chi connectivity index (χ4n) is 2.44. The Morgan fingerprint density at radius 3 is 2.89 bits per heavy atom. The van der Waals surface area contributed by atoms with Crippen molar-refractivity contribution in [1.82, 2.24) is 0 Å². The Kier molecular flexibility index (Phi) is 4.09. The van der Waals surface area contributed by atoms with Gasteiger partial charge in [-0.05, 0) is 37.5 Å². The van der Waals surface area contributed by atoms with Crippen LogP contribution in [0.2, 0.25) is 5.02 Å². The van der Waals surface area contributed by atoms with Gasteiger partial charge in [0.25, 0.3) is 0 Å². The summed E-state index contributed by atoms with van der Waals surface area (Å²) < 4.78 is 0. The van der Waals surface area contributed by atoms with Crippen molar-refractivity contribution in [3.63, 3.8) is 0 Å². The predicted octanol–water partition coefficient (Wildman–Crippen LogP) is 2.39. The van der Waals surface area contributed by atoms with Crippen molar-refractivity contribution < 1.29 is 15.0 Å². The largest absolute Gasteiger partial charge is 0.478 e. The number of piperidine rings is 1. The molecule has 1 atom stereocenters. The molecule has 1 aromatic rings. The molecule has 2 N–H and O–H groups in total. The third-order valence-electron chi connectivity index (χ3n) is 3.34. The molecule has 18 heavy (non-hydrogen) atoms. The summed E-state index contributed by atoms with van der Waals surface area (Å²) >= 11 is 5.84. The average Bonchev–Trinajstić information content (AvgIpc) is 2.38. The van der Waals surface area contributed by atoms with E-state index >= 15 is 0 Å². The van der Waals surface area contributed by atoms with Crippen molar-refractivity contribution in [2.45, 2.75) is 25.3 Å². The molecule has 0 bridgehead atoms. The quantitative estimate of drug-likeness (QED) is 0.885. The first kappa shape index (κ1) is 13.2. The lowest BCUT2D eigenvalue weighted by Crippen LogP contribution is -2.42. The standard InChI is InChI=1S/C13H16ClNO3/c14-9-4-5-12(11(7-9)13(17)18)15-6-2-1-3-10(15)8-16/h4-5,7,10,16H,1-3,6,8H2,(H,17,18). The Balaban J connectivity index is 2.39. The molecule has 5 heteroatoms. The van der Waals surface area contributed by atoms with E-state index in [-0.39, 0.29) is 18.2 Å². The summed E-state index contributed by atoms with van der Waals surface area (Å²) in [4.78, 5) is 13.2. The zero-order valence-electron chi connectivity index (χ0n) is 9.97. The van der Waals surface area contributed by atoms with Crippen molar-refractivity contribution in [2.24, 2.45) is 0 Å². The third kappa shape index (κ3) is 2.60. The Morgan fingerprint density at radius 2 is 2.22 bits per heavy atom. The smallest absolute Gasteiger partial charge is 0.337 e. The van der Waals surface area contributed by atoms with E-state index in [0.29, 0.717) is 10.7 Å². The number of hydrogen-bond acceptors (Lipinski definition) is 3. The average molecular weight is 270 g/mol. The van der Waals surface area contributed by atoms with Gasteiger partial charge < -0.3 is 15.1 Å². The maximum atomic E-state index is 11.3. The molecular weight excluding hydrogens is 254 g/mol. The molecule has 0 radical (unpaired) electrons. The van der Waals surface area contributed by atoms with E-state index in [1.54, 1.807) is 12.1 Å². The number of carboxylic acid groups (broad SMARTS) is 1. The number of anilines is 1. The van der Waals surface area contributed by atoms with Gasteiger partial charge in [-0.25, -0.2) is 4.79 Å². The molecule has 0 aliphatic carbocycles. The fraction of sp³-hybridized carbons (Fsp3) is 0.462. The van der Waals surface area contributed by atoms with Crippen LogP contribution < -0.4 is 4.90 Å². The predicted molar refractivity (Wildman–Crippen MR) is 70.5 cm³/mol. The minimum Gasteiger partial charge on any atom is -0.478 e. The van der Waals surface area contributed by atoms with E-state index in [1.165, 1.54) is 6.07 Å². The van der Waals surface area contributed by atoms with Crippen molar-refractivity contribution in [3.05, 3.63) is 28.8 Å². The molecule has 1 fully saturated rings. The first-order valence-electron chi connectivity index (χ1n) is 6.04. The summed E-state index contributed by atoms with van der Waals surface area (Å²) in [6.07, 6.45) is 2.97. The number of carbonyl (C=O) groups is 1. The van der Waals surface area contributed by atoms with E-state index in [9.17, 15) is 15.0 Å². The second-order valence-corrected chi connectivity index (χ2v) is 4.93. The fourth-order valence-corrected chi connectivity index (χ4v) is 2.61. The van der Waals surface area contributed by atoms with E-state index in [2.05, 4.69) is 0 Å². The van der Waals surface area contributed by atoms with Crippen LogP contribution in [0.4, 0.5) is 5.69 Å². The van der Waals surface area contributed by atoms with E-state index < -0.39 is 5.97 Å². The van der Waals surface area contributed by atoms with Crippen LogP contribution in [0.3, 0.4) is 0 Å². The molecule has 2 rings (SSSR count). The second kappa shape index (κ2) is 5.59. The van der Waals surface area contributed by atoms with Crippen LogP contribution in [0.5, 0.6) is 0 Å². The highest BCUT2D eigenvalue weighted by Crippen LogP contribution is 2.29. The molecule has 0 spiro atoms. The van der Waals surface area contributed by atoms with Gasteiger partial charge in [-0.1, -0.05) is 11.6 Å². The van der Waals surface area contributed by atoms with Crippen LogP contribution >= 0.6 is 11.6 Å². The number of benzene rings is 1. The van der Waals surface area contributed by atoms with Gasteiger partial charge in [-0.15, -0.1) is 0 Å².